The van der Waals surface area contributed by atoms with Gasteiger partial charge in [0, 0.05) is 6.42 Å². The lowest BCUT2D eigenvalue weighted by molar-refractivity contribution is -0.147. The van der Waals surface area contributed by atoms with Crippen LogP contribution >= 0.6 is 0 Å². The van der Waals surface area contributed by atoms with Crippen molar-refractivity contribution in [2.24, 2.45) is 0 Å². The summed E-state index contributed by atoms with van der Waals surface area (Å²) in [5.41, 5.74) is -1.91. The van der Waals surface area contributed by atoms with Crippen molar-refractivity contribution >= 4 is 5.97 Å². The summed E-state index contributed by atoms with van der Waals surface area (Å²) in [4.78, 5) is 35.9. The number of carbonyl (C=O) groups is 1. The summed E-state index contributed by atoms with van der Waals surface area (Å²) in [7, 11) is 0. The number of unbranched alkanes of at least 4 members (excludes halogenated alkanes) is 5. The van der Waals surface area contributed by atoms with E-state index in [0.717, 1.165) is 62.1 Å². The predicted molar refractivity (Wildman–Crippen MR) is 117 cm³/mol. The lowest BCUT2D eigenvalue weighted by Gasteiger charge is -2.07. The number of ether oxygens (including phenoxy) is 1. The van der Waals surface area contributed by atoms with Crippen molar-refractivity contribution in [3.8, 4) is 0 Å². The minimum absolute atomic E-state index is 0.250. The van der Waals surface area contributed by atoms with Crippen molar-refractivity contribution in [2.45, 2.75) is 77.9 Å². The molecular formula is C23H33FN2O4. The monoisotopic (exact) mass is 420 g/mol. The van der Waals surface area contributed by atoms with E-state index in [0.29, 0.717) is 6.42 Å². The minimum Gasteiger partial charge on any atom is -0.444 e. The zero-order valence-electron chi connectivity index (χ0n) is 17.8. The molecule has 0 amide bonds. The van der Waals surface area contributed by atoms with Gasteiger partial charge in [0.25, 0.3) is 5.56 Å². The topological polar surface area (TPSA) is 81.2 Å². The molecule has 1 aromatic rings. The molecule has 6 nitrogen and oxygen atoms in total. The highest BCUT2D eigenvalue weighted by molar-refractivity contribution is 5.69. The van der Waals surface area contributed by atoms with Crippen LogP contribution < -0.4 is 11.2 Å². The third-order valence-corrected chi connectivity index (χ3v) is 4.36. The number of aromatic nitrogens is 2. The number of rotatable bonds is 15. The molecule has 7 heteroatoms. The molecule has 30 heavy (non-hydrogen) atoms. The maximum atomic E-state index is 13.1. The van der Waals surface area contributed by atoms with Crippen molar-refractivity contribution < 1.29 is 13.9 Å². The Labute approximate surface area is 177 Å². The number of carbonyl (C=O) groups excluding carboxylic acids is 1. The molecule has 0 unspecified atom stereocenters. The second kappa shape index (κ2) is 16.1. The van der Waals surface area contributed by atoms with Gasteiger partial charge in [0.05, 0.1) is 6.20 Å². The Kier molecular flexibility index (Phi) is 13.6. The SMILES string of the molecule is CCC=CCC=CCC=CCCCCCCCC(=O)OCn1cc(F)c(=O)[nH]c1=O. The lowest BCUT2D eigenvalue weighted by atomic mass is 10.1. The van der Waals surface area contributed by atoms with Crippen LogP contribution in [0.3, 0.4) is 0 Å². The van der Waals surface area contributed by atoms with E-state index < -0.39 is 29.8 Å². The van der Waals surface area contributed by atoms with Gasteiger partial charge in [-0.1, -0.05) is 62.6 Å². The lowest BCUT2D eigenvalue weighted by Crippen LogP contribution is -2.32. The quantitative estimate of drug-likeness (QED) is 0.252. The summed E-state index contributed by atoms with van der Waals surface area (Å²) in [6.45, 7) is 1.71. The zero-order chi connectivity index (χ0) is 22.0. The maximum Gasteiger partial charge on any atom is 0.331 e. The number of nitrogens with zero attached hydrogens (tertiary/aromatic N) is 1. The molecular weight excluding hydrogens is 387 g/mol. The van der Waals surface area contributed by atoms with Crippen LogP contribution in [0, 0.1) is 5.82 Å². The first-order valence-electron chi connectivity index (χ1n) is 10.6. The molecule has 1 N–H and O–H groups in total. The van der Waals surface area contributed by atoms with Crippen LogP contribution in [0.5, 0.6) is 0 Å². The van der Waals surface area contributed by atoms with Gasteiger partial charge in [-0.3, -0.25) is 19.1 Å². The van der Waals surface area contributed by atoms with E-state index in [2.05, 4.69) is 43.4 Å². The normalized spacial score (nSPS) is 11.8. The highest BCUT2D eigenvalue weighted by atomic mass is 19.1. The average molecular weight is 421 g/mol. The van der Waals surface area contributed by atoms with E-state index in [-0.39, 0.29) is 6.42 Å². The molecule has 0 radical (unpaired) electrons. The van der Waals surface area contributed by atoms with Crippen molar-refractivity contribution in [1.82, 2.24) is 9.55 Å². The molecule has 1 heterocycles. The first kappa shape index (κ1) is 25.3. The fourth-order valence-corrected chi connectivity index (χ4v) is 2.68. The highest BCUT2D eigenvalue weighted by Crippen LogP contribution is 2.08. The zero-order valence-corrected chi connectivity index (χ0v) is 17.8. The average Bonchev–Trinajstić information content (AvgIpc) is 2.72. The van der Waals surface area contributed by atoms with E-state index in [1.807, 2.05) is 0 Å². The molecule has 0 saturated carbocycles. The Bertz CT molecular complexity index is 821. The molecule has 0 bridgehead atoms. The summed E-state index contributed by atoms with van der Waals surface area (Å²) in [6, 6.07) is 0. The summed E-state index contributed by atoms with van der Waals surface area (Å²) in [5.74, 6) is -1.55. The van der Waals surface area contributed by atoms with E-state index >= 15 is 0 Å². The molecule has 0 aromatic carbocycles. The van der Waals surface area contributed by atoms with Gasteiger partial charge >= 0.3 is 11.7 Å². The van der Waals surface area contributed by atoms with Crippen molar-refractivity contribution in [1.29, 1.82) is 0 Å². The van der Waals surface area contributed by atoms with Gasteiger partial charge in [-0.15, -0.1) is 0 Å². The van der Waals surface area contributed by atoms with Crippen LogP contribution in [0.25, 0.3) is 0 Å². The number of hydrogen-bond donors (Lipinski definition) is 1. The summed E-state index contributed by atoms with van der Waals surface area (Å²) in [5, 5.41) is 0. The predicted octanol–water partition coefficient (Wildman–Crippen LogP) is 4.77. The van der Waals surface area contributed by atoms with Crippen LogP contribution in [0.4, 0.5) is 4.39 Å². The Morgan fingerprint density at radius 3 is 2.37 bits per heavy atom. The molecule has 0 aliphatic heterocycles. The molecule has 0 aliphatic rings. The molecule has 0 atom stereocenters. The molecule has 1 aromatic heterocycles. The van der Waals surface area contributed by atoms with Crippen molar-refractivity contribution in [3.05, 3.63) is 69.3 Å². The van der Waals surface area contributed by atoms with Crippen molar-refractivity contribution in [2.75, 3.05) is 0 Å². The molecule has 0 saturated heterocycles. The van der Waals surface area contributed by atoms with Crippen LogP contribution in [-0.2, 0) is 16.3 Å². The van der Waals surface area contributed by atoms with Gasteiger partial charge in [-0.2, -0.15) is 4.39 Å². The number of aromatic amines is 1. The van der Waals surface area contributed by atoms with E-state index in [9.17, 15) is 18.8 Å². The van der Waals surface area contributed by atoms with Crippen LogP contribution in [0.2, 0.25) is 0 Å². The first-order valence-corrected chi connectivity index (χ1v) is 10.6. The maximum absolute atomic E-state index is 13.1. The van der Waals surface area contributed by atoms with Gasteiger partial charge in [-0.05, 0) is 38.5 Å². The summed E-state index contributed by atoms with van der Waals surface area (Å²) < 4.78 is 18.9. The summed E-state index contributed by atoms with van der Waals surface area (Å²) in [6.07, 6.45) is 23.1. The number of esters is 1. The van der Waals surface area contributed by atoms with Crippen LogP contribution in [-0.4, -0.2) is 15.5 Å². The second-order valence-electron chi connectivity index (χ2n) is 6.95. The van der Waals surface area contributed by atoms with Gasteiger partial charge in [0.2, 0.25) is 5.82 Å². The van der Waals surface area contributed by atoms with Gasteiger partial charge in [0.15, 0.2) is 6.73 Å². The molecule has 166 valence electrons. The smallest absolute Gasteiger partial charge is 0.331 e. The molecule has 0 fully saturated rings. The Morgan fingerprint density at radius 2 is 1.63 bits per heavy atom. The molecule has 1 rings (SSSR count). The number of nitrogens with one attached hydrogen (secondary N) is 1. The van der Waals surface area contributed by atoms with Gasteiger partial charge < -0.3 is 4.74 Å². The molecule has 0 aliphatic carbocycles. The largest absolute Gasteiger partial charge is 0.444 e. The number of H-pyrrole nitrogens is 1. The third-order valence-electron chi connectivity index (χ3n) is 4.36. The fraction of sp³-hybridized carbons (Fsp3) is 0.522. The summed E-state index contributed by atoms with van der Waals surface area (Å²) >= 11 is 0. The van der Waals surface area contributed by atoms with E-state index in [1.165, 1.54) is 0 Å². The third kappa shape index (κ3) is 12.0. The van der Waals surface area contributed by atoms with E-state index in [4.69, 9.17) is 4.74 Å². The van der Waals surface area contributed by atoms with Gasteiger partial charge in [0.1, 0.15) is 0 Å². The van der Waals surface area contributed by atoms with Gasteiger partial charge in [-0.25, -0.2) is 4.79 Å². The molecule has 0 spiro atoms. The fourth-order valence-electron chi connectivity index (χ4n) is 2.68. The highest BCUT2D eigenvalue weighted by Gasteiger charge is 2.07. The standard InChI is InChI=1S/C23H33FN2O4/c1-2-3-4-5-6-7-8-9-10-11-12-13-14-15-16-17-21(27)30-19-26-18-20(24)22(28)25-23(26)29/h3-4,6-7,9-10,18H,2,5,8,11-17,19H2,1H3,(H,25,28,29). The second-order valence-corrected chi connectivity index (χ2v) is 6.95. The number of allylic oxidation sites excluding steroid dienone is 6. The van der Waals surface area contributed by atoms with Crippen LogP contribution in [0.1, 0.15) is 71.1 Å². The van der Waals surface area contributed by atoms with Crippen molar-refractivity contribution in [3.63, 3.8) is 0 Å². The Morgan fingerprint density at radius 1 is 1.00 bits per heavy atom. The van der Waals surface area contributed by atoms with E-state index in [1.54, 1.807) is 4.98 Å². The Hall–Kier alpha value is -2.70. The minimum atomic E-state index is -1.10. The van der Waals surface area contributed by atoms with Crippen LogP contribution in [0.15, 0.2) is 52.2 Å². The number of halogens is 1. The Balaban J connectivity index is 2.01. The number of hydrogen-bond acceptors (Lipinski definition) is 4. The first-order chi connectivity index (χ1) is 14.5.